The molecule has 0 heterocycles. The summed E-state index contributed by atoms with van der Waals surface area (Å²) in [6, 6.07) is 5.51. The molecule has 0 unspecified atom stereocenters. The summed E-state index contributed by atoms with van der Waals surface area (Å²) in [5, 5.41) is 12.0. The third-order valence-electron chi connectivity index (χ3n) is 1.54. The maximum Gasteiger partial charge on any atom is 0.144 e. The number of benzene rings is 1. The van der Waals surface area contributed by atoms with Gasteiger partial charge in [0.15, 0.2) is 0 Å². The Morgan fingerprint density at radius 2 is 2.31 bits per heavy atom. The van der Waals surface area contributed by atoms with Gasteiger partial charge < -0.3 is 5.21 Å². The first-order chi connectivity index (χ1) is 6.15. The average molecular weight is 311 g/mol. The molecule has 0 radical (unpaired) electrons. The maximum absolute atomic E-state index is 8.34. The van der Waals surface area contributed by atoms with Crippen molar-refractivity contribution in [1.29, 1.82) is 0 Å². The highest BCUT2D eigenvalue weighted by Gasteiger charge is 2.03. The number of nitrogens with zero attached hydrogens (tertiary/aromatic N) is 2. The van der Waals surface area contributed by atoms with Gasteiger partial charge in [-0.05, 0) is 30.7 Å². The van der Waals surface area contributed by atoms with E-state index < -0.39 is 0 Å². The molecule has 70 valence electrons. The van der Waals surface area contributed by atoms with Crippen molar-refractivity contribution < 1.29 is 5.21 Å². The largest absolute Gasteiger partial charge is 0.410 e. The van der Waals surface area contributed by atoms with Crippen LogP contribution in [-0.2, 0) is 0 Å². The van der Waals surface area contributed by atoms with Crippen LogP contribution in [0.3, 0.4) is 0 Å². The summed E-state index contributed by atoms with van der Waals surface area (Å²) < 4.78 is 1.68. The van der Waals surface area contributed by atoms with Crippen LogP contribution in [0.1, 0.15) is 5.56 Å². The zero-order valence-electron chi connectivity index (χ0n) is 6.91. The molecule has 0 aromatic heterocycles. The van der Waals surface area contributed by atoms with Crippen molar-refractivity contribution in [1.82, 2.24) is 0 Å². The molecule has 1 aromatic carbocycles. The molecule has 5 heteroatoms. The Balaban J connectivity index is 3.01. The number of hydrogen-bond donors (Lipinski definition) is 1. The van der Waals surface area contributed by atoms with Crippen molar-refractivity contribution in [3.8, 4) is 0 Å². The molecule has 0 atom stereocenters. The molecule has 1 aromatic rings. The molecule has 0 bridgehead atoms. The van der Waals surface area contributed by atoms with E-state index in [-0.39, 0.29) is 0 Å². The summed E-state index contributed by atoms with van der Waals surface area (Å²) in [5.41, 5.74) is 1.98. The third kappa shape index (κ3) is 2.73. The fourth-order valence-electron chi connectivity index (χ4n) is 0.966. The number of halogens is 2. The minimum absolute atomic E-state index is 0.701. The van der Waals surface area contributed by atoms with Gasteiger partial charge in [0.2, 0.25) is 0 Å². The summed E-state index contributed by atoms with van der Waals surface area (Å²) in [7, 11) is 0. The van der Waals surface area contributed by atoms with E-state index in [1.807, 2.05) is 41.9 Å². The number of rotatable bonds is 2. The van der Waals surface area contributed by atoms with E-state index in [9.17, 15) is 0 Å². The first-order valence-corrected chi connectivity index (χ1v) is 4.88. The number of anilines is 1. The number of hydrogen-bond acceptors (Lipinski definition) is 2. The molecule has 1 N–H and O–H groups in total. The summed E-state index contributed by atoms with van der Waals surface area (Å²) in [6.45, 7) is 1.94. The number of oxime groups is 1. The highest BCUT2D eigenvalue weighted by atomic mass is 127. The topological polar surface area (TPSA) is 35.8 Å². The molecule has 0 fully saturated rings. The van der Waals surface area contributed by atoms with Gasteiger partial charge in [0, 0.05) is 5.02 Å². The molecule has 0 aliphatic carbocycles. The van der Waals surface area contributed by atoms with Gasteiger partial charge >= 0.3 is 0 Å². The van der Waals surface area contributed by atoms with E-state index in [1.54, 1.807) is 9.18 Å². The molecule has 13 heavy (non-hydrogen) atoms. The van der Waals surface area contributed by atoms with Gasteiger partial charge in [-0.15, -0.1) is 0 Å². The summed E-state index contributed by atoms with van der Waals surface area (Å²) in [6.07, 6.45) is 1.32. The van der Waals surface area contributed by atoms with Crippen LogP contribution in [0.25, 0.3) is 0 Å². The van der Waals surface area contributed by atoms with Crippen molar-refractivity contribution in [2.45, 2.75) is 6.92 Å². The van der Waals surface area contributed by atoms with Crippen LogP contribution in [0.5, 0.6) is 0 Å². The van der Waals surface area contributed by atoms with Crippen LogP contribution in [0.4, 0.5) is 5.69 Å². The molecule has 0 saturated heterocycles. The quantitative estimate of drug-likeness (QED) is 0.227. The van der Waals surface area contributed by atoms with Gasteiger partial charge in [-0.25, -0.2) is 0 Å². The summed E-state index contributed by atoms with van der Waals surface area (Å²) >= 11 is 7.82. The van der Waals surface area contributed by atoms with Crippen LogP contribution < -0.4 is 3.11 Å². The van der Waals surface area contributed by atoms with E-state index in [0.717, 1.165) is 11.3 Å². The predicted octanol–water partition coefficient (Wildman–Crippen LogP) is 3.22. The molecule has 0 saturated carbocycles. The van der Waals surface area contributed by atoms with Crippen molar-refractivity contribution in [2.75, 3.05) is 3.11 Å². The Kier molecular flexibility index (Phi) is 3.80. The lowest BCUT2D eigenvalue weighted by Crippen LogP contribution is -2.06. The molecular formula is C8H8ClIN2O. The molecule has 0 amide bonds. The van der Waals surface area contributed by atoms with E-state index in [2.05, 4.69) is 5.16 Å². The monoisotopic (exact) mass is 310 g/mol. The first kappa shape index (κ1) is 10.6. The van der Waals surface area contributed by atoms with Gasteiger partial charge in [0.25, 0.3) is 0 Å². The lowest BCUT2D eigenvalue weighted by molar-refractivity contribution is 0.321. The molecular weight excluding hydrogens is 302 g/mol. The summed E-state index contributed by atoms with van der Waals surface area (Å²) in [4.78, 5) is 0. The standard InChI is InChI=1S/C8H8ClIN2O/c1-6-4-7(9)2-3-8(6)12(10)5-11-13/h2-5,13H,1H3. The molecule has 3 nitrogen and oxygen atoms in total. The van der Waals surface area contributed by atoms with Gasteiger partial charge in [0.05, 0.1) is 28.6 Å². The van der Waals surface area contributed by atoms with E-state index in [0.29, 0.717) is 5.02 Å². The Hall–Kier alpha value is -0.490. The average Bonchev–Trinajstić information content (AvgIpc) is 2.04. The molecule has 0 aliphatic heterocycles. The number of aryl methyl sites for hydroxylation is 1. The minimum Gasteiger partial charge on any atom is -0.410 e. The Morgan fingerprint density at radius 3 is 2.85 bits per heavy atom. The maximum atomic E-state index is 8.34. The summed E-state index contributed by atoms with van der Waals surface area (Å²) in [5.74, 6) is 0. The van der Waals surface area contributed by atoms with E-state index in [1.165, 1.54) is 6.34 Å². The van der Waals surface area contributed by atoms with Crippen molar-refractivity contribution in [3.05, 3.63) is 28.8 Å². The van der Waals surface area contributed by atoms with E-state index >= 15 is 0 Å². The van der Waals surface area contributed by atoms with Gasteiger partial charge in [-0.1, -0.05) is 16.8 Å². The first-order valence-electron chi connectivity index (χ1n) is 3.54. The fraction of sp³-hybridized carbons (Fsp3) is 0.125. The lowest BCUT2D eigenvalue weighted by atomic mass is 10.2. The van der Waals surface area contributed by atoms with Crippen LogP contribution >= 0.6 is 34.5 Å². The Labute approximate surface area is 95.5 Å². The normalized spacial score (nSPS) is 10.7. The SMILES string of the molecule is Cc1cc(Cl)ccc1N(I)C=NO. The van der Waals surface area contributed by atoms with Crippen molar-refractivity contribution >= 4 is 46.5 Å². The highest BCUT2D eigenvalue weighted by Crippen LogP contribution is 2.24. The molecule has 1 rings (SSSR count). The second-order valence-corrected chi connectivity index (χ2v) is 3.95. The molecule has 0 aliphatic rings. The van der Waals surface area contributed by atoms with Crippen LogP contribution in [0.15, 0.2) is 23.4 Å². The van der Waals surface area contributed by atoms with E-state index in [4.69, 9.17) is 16.8 Å². The van der Waals surface area contributed by atoms with Crippen LogP contribution in [0, 0.1) is 6.92 Å². The smallest absolute Gasteiger partial charge is 0.144 e. The second kappa shape index (κ2) is 4.66. The third-order valence-corrected chi connectivity index (χ3v) is 2.55. The van der Waals surface area contributed by atoms with Crippen LogP contribution in [-0.4, -0.2) is 11.5 Å². The van der Waals surface area contributed by atoms with Crippen molar-refractivity contribution in [2.24, 2.45) is 5.16 Å². The van der Waals surface area contributed by atoms with Gasteiger partial charge in [-0.2, -0.15) is 0 Å². The minimum atomic E-state index is 0.701. The lowest BCUT2D eigenvalue weighted by Gasteiger charge is -2.12. The van der Waals surface area contributed by atoms with Gasteiger partial charge in [0.1, 0.15) is 6.34 Å². The Morgan fingerprint density at radius 1 is 1.62 bits per heavy atom. The zero-order chi connectivity index (χ0) is 9.84. The van der Waals surface area contributed by atoms with Gasteiger partial charge in [-0.3, -0.25) is 3.11 Å². The predicted molar refractivity (Wildman–Crippen MR) is 63.0 cm³/mol. The highest BCUT2D eigenvalue weighted by molar-refractivity contribution is 14.1. The fourth-order valence-corrected chi connectivity index (χ4v) is 1.85. The zero-order valence-corrected chi connectivity index (χ0v) is 9.82. The van der Waals surface area contributed by atoms with Crippen LogP contribution in [0.2, 0.25) is 5.02 Å². The van der Waals surface area contributed by atoms with Crippen molar-refractivity contribution in [3.63, 3.8) is 0 Å². The molecule has 0 spiro atoms. The Bertz CT molecular complexity index is 330. The second-order valence-electron chi connectivity index (χ2n) is 2.47.